The highest BCUT2D eigenvalue weighted by Crippen LogP contribution is 2.25. The Kier molecular flexibility index (Phi) is 3.30. The van der Waals surface area contributed by atoms with Crippen molar-refractivity contribution in [1.29, 1.82) is 0 Å². The van der Waals surface area contributed by atoms with Crippen LogP contribution in [0, 0.1) is 11.8 Å². The van der Waals surface area contributed by atoms with E-state index in [-0.39, 0.29) is 6.61 Å². The maximum atomic E-state index is 9.34. The van der Waals surface area contributed by atoms with Gasteiger partial charge in [0.05, 0.1) is 6.26 Å². The minimum atomic E-state index is 0.233. The molecule has 16 heavy (non-hydrogen) atoms. The average molecular weight is 218 g/mol. The molecule has 0 spiro atoms. The third kappa shape index (κ3) is 2.12. The lowest BCUT2D eigenvalue weighted by atomic mass is 9.90. The van der Waals surface area contributed by atoms with Crippen LogP contribution < -0.4 is 0 Å². The second-order valence-corrected chi connectivity index (χ2v) is 4.65. The number of furan rings is 1. The molecule has 2 heteroatoms. The van der Waals surface area contributed by atoms with E-state index in [0.29, 0.717) is 11.8 Å². The smallest absolute Gasteiger partial charge is 0.134 e. The fourth-order valence-corrected chi connectivity index (χ4v) is 1.98. The van der Waals surface area contributed by atoms with Crippen LogP contribution in [-0.4, -0.2) is 11.7 Å². The summed E-state index contributed by atoms with van der Waals surface area (Å²) in [6.07, 6.45) is 2.70. The molecule has 1 unspecified atom stereocenters. The van der Waals surface area contributed by atoms with Crippen LogP contribution in [0.15, 0.2) is 34.9 Å². The SMILES string of the molecule is CC(C)C(CO)Cc1coc2ccccc12. The van der Waals surface area contributed by atoms with Crippen LogP contribution in [0.1, 0.15) is 19.4 Å². The van der Waals surface area contributed by atoms with Gasteiger partial charge in [-0.15, -0.1) is 0 Å². The summed E-state index contributed by atoms with van der Waals surface area (Å²) in [6.45, 7) is 4.52. The molecule has 0 aliphatic rings. The van der Waals surface area contributed by atoms with Gasteiger partial charge in [-0.25, -0.2) is 0 Å². The molecule has 1 aromatic heterocycles. The van der Waals surface area contributed by atoms with Crippen LogP contribution in [0.5, 0.6) is 0 Å². The number of fused-ring (bicyclic) bond motifs is 1. The third-order valence-corrected chi connectivity index (χ3v) is 3.22. The summed E-state index contributed by atoms with van der Waals surface area (Å²) in [5, 5.41) is 10.5. The van der Waals surface area contributed by atoms with Crippen LogP contribution in [0.4, 0.5) is 0 Å². The first-order valence-electron chi connectivity index (χ1n) is 5.78. The van der Waals surface area contributed by atoms with Gasteiger partial charge in [0.25, 0.3) is 0 Å². The minimum absolute atomic E-state index is 0.233. The van der Waals surface area contributed by atoms with E-state index in [1.165, 1.54) is 10.9 Å². The summed E-state index contributed by atoms with van der Waals surface area (Å²) in [4.78, 5) is 0. The average Bonchev–Trinajstić information content (AvgIpc) is 2.69. The molecule has 1 atom stereocenters. The maximum absolute atomic E-state index is 9.34. The number of hydrogen-bond acceptors (Lipinski definition) is 2. The summed E-state index contributed by atoms with van der Waals surface area (Å²) in [6, 6.07) is 8.04. The highest BCUT2D eigenvalue weighted by molar-refractivity contribution is 5.80. The van der Waals surface area contributed by atoms with Crippen molar-refractivity contribution in [3.63, 3.8) is 0 Å². The standard InChI is InChI=1S/C14H18O2/c1-10(2)11(8-15)7-12-9-16-14-6-4-3-5-13(12)14/h3-6,9-11,15H,7-8H2,1-2H3. The van der Waals surface area contributed by atoms with Crippen molar-refractivity contribution in [2.45, 2.75) is 20.3 Å². The van der Waals surface area contributed by atoms with Gasteiger partial charge < -0.3 is 9.52 Å². The molecule has 1 heterocycles. The maximum Gasteiger partial charge on any atom is 0.134 e. The van der Waals surface area contributed by atoms with Gasteiger partial charge in [-0.1, -0.05) is 32.0 Å². The first kappa shape index (κ1) is 11.2. The Labute approximate surface area is 95.9 Å². The first-order valence-corrected chi connectivity index (χ1v) is 5.78. The van der Waals surface area contributed by atoms with E-state index in [1.54, 1.807) is 0 Å². The van der Waals surface area contributed by atoms with Crippen LogP contribution in [0.2, 0.25) is 0 Å². The fraction of sp³-hybridized carbons (Fsp3) is 0.429. The number of aliphatic hydroxyl groups excluding tert-OH is 1. The van der Waals surface area contributed by atoms with Crippen molar-refractivity contribution in [1.82, 2.24) is 0 Å². The molecule has 0 fully saturated rings. The van der Waals surface area contributed by atoms with Gasteiger partial charge >= 0.3 is 0 Å². The zero-order chi connectivity index (χ0) is 11.5. The van der Waals surface area contributed by atoms with Crippen molar-refractivity contribution < 1.29 is 9.52 Å². The quantitative estimate of drug-likeness (QED) is 0.854. The van der Waals surface area contributed by atoms with Crippen LogP contribution >= 0.6 is 0 Å². The van der Waals surface area contributed by atoms with E-state index in [4.69, 9.17) is 4.42 Å². The van der Waals surface area contributed by atoms with E-state index >= 15 is 0 Å². The molecule has 2 aromatic rings. The van der Waals surface area contributed by atoms with Crippen LogP contribution in [0.25, 0.3) is 11.0 Å². The van der Waals surface area contributed by atoms with Crippen molar-refractivity contribution in [2.24, 2.45) is 11.8 Å². The van der Waals surface area contributed by atoms with Gasteiger partial charge in [0.1, 0.15) is 5.58 Å². The first-order chi connectivity index (χ1) is 7.72. The number of benzene rings is 1. The molecule has 0 aliphatic heterocycles. The molecule has 2 rings (SSSR count). The molecular weight excluding hydrogens is 200 g/mol. The topological polar surface area (TPSA) is 33.4 Å². The summed E-state index contributed by atoms with van der Waals surface area (Å²) < 4.78 is 5.49. The Morgan fingerprint density at radius 2 is 2.00 bits per heavy atom. The van der Waals surface area contributed by atoms with Crippen molar-refractivity contribution in [3.05, 3.63) is 36.1 Å². The van der Waals surface area contributed by atoms with E-state index in [9.17, 15) is 5.11 Å². The highest BCUT2D eigenvalue weighted by Gasteiger charge is 2.15. The molecule has 2 nitrogen and oxygen atoms in total. The fourth-order valence-electron chi connectivity index (χ4n) is 1.98. The normalized spacial score (nSPS) is 13.5. The third-order valence-electron chi connectivity index (χ3n) is 3.22. The molecule has 0 saturated heterocycles. The molecule has 86 valence electrons. The van der Waals surface area contributed by atoms with Crippen LogP contribution in [-0.2, 0) is 6.42 Å². The summed E-state index contributed by atoms with van der Waals surface area (Å²) >= 11 is 0. The predicted octanol–water partition coefficient (Wildman–Crippen LogP) is 3.24. The largest absolute Gasteiger partial charge is 0.464 e. The lowest BCUT2D eigenvalue weighted by Gasteiger charge is -2.17. The number of aliphatic hydroxyl groups is 1. The second-order valence-electron chi connectivity index (χ2n) is 4.65. The van der Waals surface area contributed by atoms with E-state index in [0.717, 1.165) is 12.0 Å². The van der Waals surface area contributed by atoms with Crippen molar-refractivity contribution in [3.8, 4) is 0 Å². The summed E-state index contributed by atoms with van der Waals surface area (Å²) in [5.74, 6) is 0.791. The number of hydrogen-bond donors (Lipinski definition) is 1. The van der Waals surface area contributed by atoms with Gasteiger partial charge in [-0.2, -0.15) is 0 Å². The summed E-state index contributed by atoms with van der Waals surface area (Å²) in [7, 11) is 0. The Balaban J connectivity index is 2.27. The van der Waals surface area contributed by atoms with Gasteiger partial charge in [0.2, 0.25) is 0 Å². The highest BCUT2D eigenvalue weighted by atomic mass is 16.3. The predicted molar refractivity (Wildman–Crippen MR) is 65.3 cm³/mol. The molecule has 0 aliphatic carbocycles. The summed E-state index contributed by atoms with van der Waals surface area (Å²) in [5.41, 5.74) is 2.13. The van der Waals surface area contributed by atoms with Gasteiger partial charge in [-0.05, 0) is 29.9 Å². The van der Waals surface area contributed by atoms with E-state index in [1.807, 2.05) is 24.5 Å². The van der Waals surface area contributed by atoms with Gasteiger partial charge in [-0.3, -0.25) is 0 Å². The Morgan fingerprint density at radius 3 is 2.69 bits per heavy atom. The minimum Gasteiger partial charge on any atom is -0.464 e. The molecule has 0 bridgehead atoms. The molecule has 1 N–H and O–H groups in total. The van der Waals surface area contributed by atoms with Crippen molar-refractivity contribution >= 4 is 11.0 Å². The molecular formula is C14H18O2. The lowest BCUT2D eigenvalue weighted by Crippen LogP contribution is -2.15. The Hall–Kier alpha value is -1.28. The Morgan fingerprint density at radius 1 is 1.25 bits per heavy atom. The van der Waals surface area contributed by atoms with E-state index in [2.05, 4.69) is 19.9 Å². The Bertz CT molecular complexity index is 456. The lowest BCUT2D eigenvalue weighted by molar-refractivity contribution is 0.189. The number of rotatable bonds is 4. The zero-order valence-corrected chi connectivity index (χ0v) is 9.81. The number of para-hydroxylation sites is 1. The molecule has 0 amide bonds. The van der Waals surface area contributed by atoms with Crippen LogP contribution in [0.3, 0.4) is 0 Å². The molecule has 1 aromatic carbocycles. The molecule has 0 radical (unpaired) electrons. The molecule has 0 saturated carbocycles. The van der Waals surface area contributed by atoms with E-state index < -0.39 is 0 Å². The second kappa shape index (κ2) is 4.71. The zero-order valence-electron chi connectivity index (χ0n) is 9.81. The van der Waals surface area contributed by atoms with Gasteiger partial charge in [0, 0.05) is 12.0 Å². The monoisotopic (exact) mass is 218 g/mol. The van der Waals surface area contributed by atoms with Gasteiger partial charge in [0.15, 0.2) is 0 Å². The van der Waals surface area contributed by atoms with Crippen molar-refractivity contribution in [2.75, 3.05) is 6.61 Å².